The van der Waals surface area contributed by atoms with Crippen molar-refractivity contribution in [2.45, 2.75) is 38.2 Å². The first-order valence-electron chi connectivity index (χ1n) is 11.6. The van der Waals surface area contributed by atoms with Crippen molar-refractivity contribution in [3.63, 3.8) is 0 Å². The summed E-state index contributed by atoms with van der Waals surface area (Å²) < 4.78 is 11.7. The van der Waals surface area contributed by atoms with E-state index in [9.17, 15) is 9.59 Å². The van der Waals surface area contributed by atoms with Crippen LogP contribution in [0.15, 0.2) is 54.6 Å². The van der Waals surface area contributed by atoms with Gasteiger partial charge in [0.1, 0.15) is 17.3 Å². The number of nitrogens with zero attached hydrogens (tertiary/aromatic N) is 2. The quantitative estimate of drug-likeness (QED) is 0.342. The molecule has 2 saturated heterocycles. The first-order valence-corrected chi connectivity index (χ1v) is 12.3. The van der Waals surface area contributed by atoms with Gasteiger partial charge in [0.25, 0.3) is 0 Å². The van der Waals surface area contributed by atoms with Crippen LogP contribution in [0.2, 0.25) is 10.0 Å². The van der Waals surface area contributed by atoms with Crippen molar-refractivity contribution in [2.75, 3.05) is 18.1 Å². The van der Waals surface area contributed by atoms with E-state index in [1.165, 1.54) is 6.92 Å². The van der Waals surface area contributed by atoms with Crippen molar-refractivity contribution >= 4 is 40.7 Å². The van der Waals surface area contributed by atoms with Gasteiger partial charge in [-0.05, 0) is 61.7 Å². The maximum absolute atomic E-state index is 13.1. The van der Waals surface area contributed by atoms with E-state index >= 15 is 0 Å². The predicted molar refractivity (Wildman–Crippen MR) is 135 cm³/mol. The Hall–Kier alpha value is -2.93. The summed E-state index contributed by atoms with van der Waals surface area (Å²) in [7, 11) is 0. The fraction of sp³-hybridized carbons (Fsp3) is 0.296. The van der Waals surface area contributed by atoms with E-state index in [0.717, 1.165) is 18.4 Å². The Labute approximate surface area is 213 Å². The fourth-order valence-corrected chi connectivity index (χ4v) is 4.84. The van der Waals surface area contributed by atoms with Crippen molar-refractivity contribution < 1.29 is 19.1 Å². The molecule has 1 aromatic heterocycles. The molecule has 6 nitrogen and oxygen atoms in total. The molecule has 2 aliphatic heterocycles. The average Bonchev–Trinajstić information content (AvgIpc) is 3.52. The first-order chi connectivity index (χ1) is 16.9. The van der Waals surface area contributed by atoms with Crippen LogP contribution in [0.3, 0.4) is 0 Å². The van der Waals surface area contributed by atoms with E-state index in [0.29, 0.717) is 58.2 Å². The SMILES string of the molecule is CC(=O)c1cc(C2CCCO2)nc(N2C[C@@H](c3ccc(Cl)c(Oc4ccccc4Cl)c3)CC2=O)c1. The maximum Gasteiger partial charge on any atom is 0.228 e. The fourth-order valence-electron chi connectivity index (χ4n) is 4.50. The van der Waals surface area contributed by atoms with Crippen LogP contribution >= 0.6 is 23.2 Å². The summed E-state index contributed by atoms with van der Waals surface area (Å²) in [4.78, 5) is 31.6. The van der Waals surface area contributed by atoms with Crippen LogP contribution in [0.5, 0.6) is 11.5 Å². The largest absolute Gasteiger partial charge is 0.454 e. The van der Waals surface area contributed by atoms with E-state index < -0.39 is 0 Å². The number of hydrogen-bond acceptors (Lipinski definition) is 5. The van der Waals surface area contributed by atoms with Gasteiger partial charge in [0.2, 0.25) is 5.91 Å². The van der Waals surface area contributed by atoms with Gasteiger partial charge in [-0.2, -0.15) is 0 Å². The summed E-state index contributed by atoms with van der Waals surface area (Å²) in [6.45, 7) is 2.62. The molecule has 2 atom stereocenters. The second kappa shape index (κ2) is 9.97. The molecular weight excluding hydrogens is 487 g/mol. The molecule has 5 rings (SSSR count). The average molecular weight is 511 g/mol. The summed E-state index contributed by atoms with van der Waals surface area (Å²) in [5.74, 6) is 1.25. The Kier molecular flexibility index (Phi) is 6.78. The monoisotopic (exact) mass is 510 g/mol. The minimum atomic E-state index is -0.151. The third-order valence-electron chi connectivity index (χ3n) is 6.38. The number of benzene rings is 2. The van der Waals surface area contributed by atoms with E-state index in [2.05, 4.69) is 0 Å². The molecule has 0 bridgehead atoms. The number of amides is 1. The van der Waals surface area contributed by atoms with Gasteiger partial charge >= 0.3 is 0 Å². The lowest BCUT2D eigenvalue weighted by atomic mass is 9.98. The summed E-state index contributed by atoms with van der Waals surface area (Å²) in [6.07, 6.45) is 1.96. The Morgan fingerprint density at radius 3 is 2.63 bits per heavy atom. The molecule has 2 aromatic carbocycles. The van der Waals surface area contributed by atoms with Gasteiger partial charge in [-0.1, -0.05) is 41.4 Å². The molecule has 1 unspecified atom stereocenters. The summed E-state index contributed by atoms with van der Waals surface area (Å²) >= 11 is 12.6. The maximum atomic E-state index is 13.1. The summed E-state index contributed by atoms with van der Waals surface area (Å²) in [6, 6.07) is 16.2. The van der Waals surface area contributed by atoms with E-state index in [1.807, 2.05) is 24.3 Å². The number of pyridine rings is 1. The third kappa shape index (κ3) is 5.06. The molecule has 1 amide bonds. The Balaban J connectivity index is 1.41. The van der Waals surface area contributed by atoms with Crippen molar-refractivity contribution in [1.29, 1.82) is 0 Å². The summed E-state index contributed by atoms with van der Waals surface area (Å²) in [5.41, 5.74) is 2.15. The highest BCUT2D eigenvalue weighted by atomic mass is 35.5. The molecule has 2 aliphatic rings. The van der Waals surface area contributed by atoms with E-state index in [1.54, 1.807) is 35.2 Å². The van der Waals surface area contributed by atoms with Gasteiger partial charge in [-0.15, -0.1) is 0 Å². The molecule has 2 fully saturated rings. The molecule has 180 valence electrons. The smallest absolute Gasteiger partial charge is 0.228 e. The minimum Gasteiger partial charge on any atom is -0.454 e. The minimum absolute atomic E-state index is 0.0509. The highest BCUT2D eigenvalue weighted by Crippen LogP contribution is 2.39. The second-order valence-electron chi connectivity index (χ2n) is 8.82. The topological polar surface area (TPSA) is 68.7 Å². The Morgan fingerprint density at radius 2 is 1.89 bits per heavy atom. The van der Waals surface area contributed by atoms with Gasteiger partial charge in [-0.25, -0.2) is 4.98 Å². The van der Waals surface area contributed by atoms with Crippen molar-refractivity contribution in [3.8, 4) is 11.5 Å². The third-order valence-corrected chi connectivity index (χ3v) is 7.01. The summed E-state index contributed by atoms with van der Waals surface area (Å²) in [5, 5.41) is 0.932. The van der Waals surface area contributed by atoms with Crippen LogP contribution in [0.4, 0.5) is 5.82 Å². The van der Waals surface area contributed by atoms with Crippen LogP contribution in [-0.2, 0) is 9.53 Å². The number of halogens is 2. The number of carbonyl (C=O) groups is 2. The number of ether oxygens (including phenoxy) is 2. The molecule has 3 aromatic rings. The van der Waals surface area contributed by atoms with Crippen LogP contribution in [0.1, 0.15) is 59.8 Å². The number of anilines is 1. The number of para-hydroxylation sites is 1. The lowest BCUT2D eigenvalue weighted by molar-refractivity contribution is -0.117. The normalized spacial score (nSPS) is 19.9. The zero-order valence-electron chi connectivity index (χ0n) is 19.2. The molecule has 8 heteroatoms. The highest BCUT2D eigenvalue weighted by Gasteiger charge is 2.34. The highest BCUT2D eigenvalue weighted by molar-refractivity contribution is 6.32. The Bertz CT molecular complexity index is 1290. The number of rotatable bonds is 6. The lowest BCUT2D eigenvalue weighted by Gasteiger charge is -2.19. The van der Waals surface area contributed by atoms with Crippen LogP contribution in [0.25, 0.3) is 0 Å². The molecule has 0 aliphatic carbocycles. The van der Waals surface area contributed by atoms with Crippen molar-refractivity contribution in [1.82, 2.24) is 4.98 Å². The molecule has 0 N–H and O–H groups in total. The number of ketones is 1. The molecule has 35 heavy (non-hydrogen) atoms. The molecule has 3 heterocycles. The lowest BCUT2D eigenvalue weighted by Crippen LogP contribution is -2.26. The van der Waals surface area contributed by atoms with Crippen LogP contribution in [-0.4, -0.2) is 29.8 Å². The number of hydrogen-bond donors (Lipinski definition) is 0. The van der Waals surface area contributed by atoms with Gasteiger partial charge in [0.05, 0.1) is 21.8 Å². The second-order valence-corrected chi connectivity index (χ2v) is 9.64. The molecule has 0 spiro atoms. The Morgan fingerprint density at radius 1 is 1.09 bits per heavy atom. The zero-order valence-corrected chi connectivity index (χ0v) is 20.7. The van der Waals surface area contributed by atoms with Crippen LogP contribution in [0, 0.1) is 0 Å². The van der Waals surface area contributed by atoms with Gasteiger partial charge in [-0.3, -0.25) is 14.5 Å². The number of aromatic nitrogens is 1. The zero-order chi connectivity index (χ0) is 24.5. The van der Waals surface area contributed by atoms with Gasteiger partial charge < -0.3 is 9.47 Å². The van der Waals surface area contributed by atoms with Gasteiger partial charge in [0.15, 0.2) is 5.78 Å². The van der Waals surface area contributed by atoms with Gasteiger partial charge in [0, 0.05) is 31.1 Å². The number of Topliss-reactive ketones (excluding diaryl/α,β-unsaturated/α-hetero) is 1. The van der Waals surface area contributed by atoms with Crippen molar-refractivity contribution in [2.24, 2.45) is 0 Å². The standard InChI is InChI=1S/C27H24Cl2N2O4/c1-16(32)18-11-22(24-7-4-10-34-24)30-26(13-18)31-15-19(14-27(31)33)17-8-9-21(29)25(12-17)35-23-6-3-2-5-20(23)28/h2-3,5-6,8-9,11-13,19,24H,4,7,10,14-15H2,1H3/t19-,24?/m0/s1. The van der Waals surface area contributed by atoms with E-state index in [-0.39, 0.29) is 23.7 Å². The van der Waals surface area contributed by atoms with Crippen molar-refractivity contribution in [3.05, 3.63) is 81.5 Å². The van der Waals surface area contributed by atoms with E-state index in [4.69, 9.17) is 37.7 Å². The molecular formula is C27H24Cl2N2O4. The first kappa shape index (κ1) is 23.8. The number of carbonyl (C=O) groups excluding carboxylic acids is 2. The molecule has 0 radical (unpaired) electrons. The van der Waals surface area contributed by atoms with Crippen LogP contribution < -0.4 is 9.64 Å². The molecule has 0 saturated carbocycles. The predicted octanol–water partition coefficient (Wildman–Crippen LogP) is 6.76.